The zero-order valence-electron chi connectivity index (χ0n) is 12.9. The van der Waals surface area contributed by atoms with Gasteiger partial charge < -0.3 is 4.90 Å². The first-order valence-corrected chi connectivity index (χ1v) is 7.54. The second-order valence-corrected chi connectivity index (χ2v) is 6.06. The van der Waals surface area contributed by atoms with E-state index in [9.17, 15) is 14.0 Å². The number of hydrogen-bond acceptors (Lipinski definition) is 3. The van der Waals surface area contributed by atoms with E-state index >= 15 is 0 Å². The Kier molecular flexibility index (Phi) is 5.49. The molecule has 1 aromatic carbocycles. The number of amides is 2. The van der Waals surface area contributed by atoms with Crippen molar-refractivity contribution in [3.05, 3.63) is 35.6 Å². The highest BCUT2D eigenvalue weighted by atomic mass is 19.1. The monoisotopic (exact) mass is 307 g/mol. The Hall–Kier alpha value is -1.95. The van der Waals surface area contributed by atoms with Gasteiger partial charge in [-0.3, -0.25) is 20.4 Å². The largest absolute Gasteiger partial charge is 0.302 e. The van der Waals surface area contributed by atoms with Gasteiger partial charge in [-0.2, -0.15) is 0 Å². The maximum atomic E-state index is 13.5. The lowest BCUT2D eigenvalue weighted by Gasteiger charge is -2.18. The molecule has 0 radical (unpaired) electrons. The minimum absolute atomic E-state index is 0.0874. The Bertz CT molecular complexity index is 548. The Balaban J connectivity index is 1.81. The molecule has 120 valence electrons. The van der Waals surface area contributed by atoms with Crippen LogP contribution < -0.4 is 10.9 Å². The van der Waals surface area contributed by atoms with E-state index in [1.807, 2.05) is 0 Å². The third kappa shape index (κ3) is 4.27. The number of hydrazine groups is 1. The average molecular weight is 307 g/mol. The van der Waals surface area contributed by atoms with Gasteiger partial charge in [-0.25, -0.2) is 4.39 Å². The number of likely N-dealkylation sites (tertiary alicyclic amines) is 1. The molecule has 0 aromatic heterocycles. The molecule has 0 saturated carbocycles. The van der Waals surface area contributed by atoms with Gasteiger partial charge in [0, 0.05) is 13.1 Å². The van der Waals surface area contributed by atoms with Gasteiger partial charge in [0.05, 0.1) is 11.5 Å². The van der Waals surface area contributed by atoms with E-state index in [4.69, 9.17) is 0 Å². The lowest BCUT2D eigenvalue weighted by molar-refractivity contribution is -0.125. The Morgan fingerprint density at radius 3 is 2.73 bits per heavy atom. The predicted molar refractivity (Wildman–Crippen MR) is 81.4 cm³/mol. The predicted octanol–water partition coefficient (Wildman–Crippen LogP) is 1.56. The van der Waals surface area contributed by atoms with E-state index in [0.717, 1.165) is 19.5 Å². The minimum atomic E-state index is -0.650. The summed E-state index contributed by atoms with van der Waals surface area (Å²) in [6.07, 6.45) is 0.772. The number of carbonyl (C=O) groups is 2. The smallest absolute Gasteiger partial charge is 0.272 e. The summed E-state index contributed by atoms with van der Waals surface area (Å²) >= 11 is 0. The summed E-state index contributed by atoms with van der Waals surface area (Å²) in [7, 11) is 0. The van der Waals surface area contributed by atoms with Crippen LogP contribution in [0.4, 0.5) is 4.39 Å². The summed E-state index contributed by atoms with van der Waals surface area (Å²) in [4.78, 5) is 26.1. The van der Waals surface area contributed by atoms with Crippen molar-refractivity contribution >= 4 is 11.8 Å². The zero-order valence-corrected chi connectivity index (χ0v) is 12.9. The normalized spacial score (nSPS) is 18.5. The zero-order chi connectivity index (χ0) is 16.1. The number of benzene rings is 1. The van der Waals surface area contributed by atoms with Gasteiger partial charge >= 0.3 is 0 Å². The summed E-state index contributed by atoms with van der Waals surface area (Å²) in [5.74, 6) is -1.07. The van der Waals surface area contributed by atoms with E-state index in [1.165, 1.54) is 18.2 Å². The van der Waals surface area contributed by atoms with E-state index in [-0.39, 0.29) is 17.4 Å². The van der Waals surface area contributed by atoms with Gasteiger partial charge in [0.2, 0.25) is 5.91 Å². The molecule has 0 bridgehead atoms. The Labute approximate surface area is 129 Å². The van der Waals surface area contributed by atoms with Crippen LogP contribution in [0.2, 0.25) is 0 Å². The summed E-state index contributed by atoms with van der Waals surface area (Å²) in [5.41, 5.74) is 4.58. The highest BCUT2D eigenvalue weighted by Gasteiger charge is 2.28. The van der Waals surface area contributed by atoms with Crippen LogP contribution in [0.15, 0.2) is 24.3 Å². The van der Waals surface area contributed by atoms with Crippen molar-refractivity contribution in [2.24, 2.45) is 11.8 Å². The third-order valence-corrected chi connectivity index (χ3v) is 3.68. The summed E-state index contributed by atoms with van der Waals surface area (Å²) < 4.78 is 13.5. The molecule has 1 aromatic rings. The quantitative estimate of drug-likeness (QED) is 0.830. The summed E-state index contributed by atoms with van der Waals surface area (Å²) in [5, 5.41) is 0. The van der Waals surface area contributed by atoms with Crippen molar-refractivity contribution in [2.75, 3.05) is 19.6 Å². The van der Waals surface area contributed by atoms with Crippen LogP contribution in [-0.4, -0.2) is 36.3 Å². The average Bonchev–Trinajstić information content (AvgIpc) is 2.92. The molecule has 1 aliphatic heterocycles. The van der Waals surface area contributed by atoms with Gasteiger partial charge in [0.25, 0.3) is 5.91 Å². The number of hydrogen-bond donors (Lipinski definition) is 2. The van der Waals surface area contributed by atoms with E-state index in [1.54, 1.807) is 6.07 Å². The van der Waals surface area contributed by atoms with Crippen LogP contribution in [0.3, 0.4) is 0 Å². The molecular formula is C16H22FN3O2. The molecule has 0 spiro atoms. The van der Waals surface area contributed by atoms with Crippen molar-refractivity contribution in [2.45, 2.75) is 20.3 Å². The number of halogens is 1. The van der Waals surface area contributed by atoms with Crippen LogP contribution >= 0.6 is 0 Å². The SMILES string of the molecule is CC(C)CN1CCC(C(=O)NNC(=O)c2ccccc2F)C1. The van der Waals surface area contributed by atoms with Crippen LogP contribution in [0, 0.1) is 17.7 Å². The Morgan fingerprint density at radius 1 is 1.32 bits per heavy atom. The number of nitrogens with one attached hydrogen (secondary N) is 2. The fourth-order valence-electron chi connectivity index (χ4n) is 2.66. The van der Waals surface area contributed by atoms with Crippen molar-refractivity contribution in [3.8, 4) is 0 Å². The first-order valence-electron chi connectivity index (χ1n) is 7.54. The number of carbonyl (C=O) groups excluding carboxylic acids is 2. The van der Waals surface area contributed by atoms with Gasteiger partial charge in [-0.05, 0) is 31.0 Å². The van der Waals surface area contributed by atoms with E-state index < -0.39 is 11.7 Å². The minimum Gasteiger partial charge on any atom is -0.302 e. The summed E-state index contributed by atoms with van der Waals surface area (Å²) in [6, 6.07) is 5.65. The second kappa shape index (κ2) is 7.35. The van der Waals surface area contributed by atoms with Gasteiger partial charge in [-0.1, -0.05) is 26.0 Å². The molecule has 0 aliphatic carbocycles. The third-order valence-electron chi connectivity index (χ3n) is 3.68. The van der Waals surface area contributed by atoms with Crippen molar-refractivity contribution in [1.29, 1.82) is 0 Å². The molecule has 1 saturated heterocycles. The van der Waals surface area contributed by atoms with Gasteiger partial charge in [0.15, 0.2) is 0 Å². The first-order chi connectivity index (χ1) is 10.5. The Morgan fingerprint density at radius 2 is 2.05 bits per heavy atom. The molecule has 22 heavy (non-hydrogen) atoms. The van der Waals surface area contributed by atoms with Gasteiger partial charge in [-0.15, -0.1) is 0 Å². The number of nitrogens with zero attached hydrogens (tertiary/aromatic N) is 1. The molecule has 1 unspecified atom stereocenters. The van der Waals surface area contributed by atoms with Crippen LogP contribution in [0.5, 0.6) is 0 Å². The van der Waals surface area contributed by atoms with Crippen molar-refractivity contribution < 1.29 is 14.0 Å². The maximum Gasteiger partial charge on any atom is 0.272 e. The van der Waals surface area contributed by atoms with Crippen LogP contribution in [0.25, 0.3) is 0 Å². The van der Waals surface area contributed by atoms with E-state index in [2.05, 4.69) is 29.6 Å². The van der Waals surface area contributed by atoms with Crippen LogP contribution in [-0.2, 0) is 4.79 Å². The first kappa shape index (κ1) is 16.4. The van der Waals surface area contributed by atoms with E-state index in [0.29, 0.717) is 12.5 Å². The number of rotatable bonds is 4. The standard InChI is InChI=1S/C16H22FN3O2/c1-11(2)9-20-8-7-12(10-20)15(21)18-19-16(22)13-5-3-4-6-14(13)17/h3-6,11-12H,7-10H2,1-2H3,(H,18,21)(H,19,22). The summed E-state index contributed by atoms with van der Waals surface area (Å²) in [6.45, 7) is 6.83. The lowest BCUT2D eigenvalue weighted by atomic mass is 10.1. The molecule has 5 nitrogen and oxygen atoms in total. The van der Waals surface area contributed by atoms with Crippen molar-refractivity contribution in [3.63, 3.8) is 0 Å². The highest BCUT2D eigenvalue weighted by Crippen LogP contribution is 2.17. The van der Waals surface area contributed by atoms with Crippen LogP contribution in [0.1, 0.15) is 30.6 Å². The molecule has 1 aliphatic rings. The molecule has 1 heterocycles. The van der Waals surface area contributed by atoms with Gasteiger partial charge in [0.1, 0.15) is 5.82 Å². The highest BCUT2D eigenvalue weighted by molar-refractivity contribution is 5.95. The molecule has 2 N–H and O–H groups in total. The molecular weight excluding hydrogens is 285 g/mol. The fraction of sp³-hybridized carbons (Fsp3) is 0.500. The lowest BCUT2D eigenvalue weighted by Crippen LogP contribution is -2.45. The molecule has 2 rings (SSSR count). The molecule has 1 fully saturated rings. The molecule has 6 heteroatoms. The molecule has 1 atom stereocenters. The molecule has 2 amide bonds. The van der Waals surface area contributed by atoms with Crippen molar-refractivity contribution in [1.82, 2.24) is 15.8 Å². The fourth-order valence-corrected chi connectivity index (χ4v) is 2.66. The second-order valence-electron chi connectivity index (χ2n) is 6.06. The topological polar surface area (TPSA) is 61.4 Å². The maximum absolute atomic E-state index is 13.5.